The van der Waals surface area contributed by atoms with Gasteiger partial charge in [0.1, 0.15) is 18.2 Å². The minimum Gasteiger partial charge on any atom is -0.492 e. The van der Waals surface area contributed by atoms with Crippen molar-refractivity contribution in [2.45, 2.75) is 4.90 Å². The van der Waals surface area contributed by atoms with Gasteiger partial charge in [-0.1, -0.05) is 17.7 Å². The van der Waals surface area contributed by atoms with Crippen LogP contribution in [-0.2, 0) is 10.0 Å². The van der Waals surface area contributed by atoms with Crippen LogP contribution in [0.15, 0.2) is 53.4 Å². The topological polar surface area (TPSA) is 46.6 Å². The molecule has 0 unspecified atom stereocenters. The lowest BCUT2D eigenvalue weighted by molar-refractivity contribution is 0.287. The zero-order valence-corrected chi connectivity index (χ0v) is 13.4. The van der Waals surface area contributed by atoms with E-state index in [-0.39, 0.29) is 18.0 Å². The smallest absolute Gasteiger partial charge is 0.242 e. The summed E-state index contributed by atoms with van der Waals surface area (Å²) in [5, 5.41) is 0.546. The van der Waals surface area contributed by atoms with Crippen LogP contribution in [0.3, 0.4) is 0 Å². The molecule has 0 N–H and O–H groups in total. The molecule has 118 valence electrons. The van der Waals surface area contributed by atoms with Crippen molar-refractivity contribution < 1.29 is 17.5 Å². The van der Waals surface area contributed by atoms with E-state index in [1.54, 1.807) is 24.3 Å². The fourth-order valence-corrected chi connectivity index (χ4v) is 3.09. The number of hydrogen-bond acceptors (Lipinski definition) is 3. The van der Waals surface area contributed by atoms with Crippen molar-refractivity contribution in [2.75, 3.05) is 20.2 Å². The third-order valence-electron chi connectivity index (χ3n) is 2.99. The second kappa shape index (κ2) is 7.09. The maximum atomic E-state index is 12.9. The standard InChI is InChI=1S/C15H15ClFNO3S/c1-18(9-10-21-14-4-2-3-12(16)11-14)22(19,20)15-7-5-13(17)6-8-15/h2-8,11H,9-10H2,1H3. The first-order chi connectivity index (χ1) is 10.4. The molecule has 22 heavy (non-hydrogen) atoms. The van der Waals surface area contributed by atoms with Gasteiger partial charge in [-0.15, -0.1) is 0 Å². The van der Waals surface area contributed by atoms with Crippen LogP contribution in [0.1, 0.15) is 0 Å². The zero-order chi connectivity index (χ0) is 16.2. The summed E-state index contributed by atoms with van der Waals surface area (Å²) in [5.74, 6) is 0.0889. The molecule has 0 fully saturated rings. The largest absolute Gasteiger partial charge is 0.492 e. The second-order valence-electron chi connectivity index (χ2n) is 4.59. The lowest BCUT2D eigenvalue weighted by Crippen LogP contribution is -2.31. The quantitative estimate of drug-likeness (QED) is 0.809. The lowest BCUT2D eigenvalue weighted by Gasteiger charge is -2.17. The van der Waals surface area contributed by atoms with Gasteiger partial charge in [-0.2, -0.15) is 4.31 Å². The average molecular weight is 344 g/mol. The van der Waals surface area contributed by atoms with E-state index in [4.69, 9.17) is 16.3 Å². The molecule has 0 atom stereocenters. The summed E-state index contributed by atoms with van der Waals surface area (Å²) in [5.41, 5.74) is 0. The molecule has 7 heteroatoms. The van der Waals surface area contributed by atoms with E-state index in [9.17, 15) is 12.8 Å². The number of hydrogen-bond donors (Lipinski definition) is 0. The van der Waals surface area contributed by atoms with Crippen LogP contribution in [0.2, 0.25) is 5.02 Å². The van der Waals surface area contributed by atoms with E-state index in [1.165, 1.54) is 19.2 Å². The Morgan fingerprint density at radius 1 is 1.18 bits per heavy atom. The molecular formula is C15H15ClFNO3S. The Morgan fingerprint density at radius 2 is 1.86 bits per heavy atom. The van der Waals surface area contributed by atoms with Crippen molar-refractivity contribution in [1.82, 2.24) is 4.31 Å². The van der Waals surface area contributed by atoms with Crippen molar-refractivity contribution >= 4 is 21.6 Å². The number of rotatable bonds is 6. The Kier molecular flexibility index (Phi) is 5.39. The average Bonchev–Trinajstić information content (AvgIpc) is 2.47. The van der Waals surface area contributed by atoms with E-state index in [0.717, 1.165) is 16.4 Å². The molecule has 2 aromatic carbocycles. The lowest BCUT2D eigenvalue weighted by atomic mass is 10.3. The maximum Gasteiger partial charge on any atom is 0.242 e. The molecule has 0 radical (unpaired) electrons. The molecule has 4 nitrogen and oxygen atoms in total. The number of nitrogens with zero attached hydrogens (tertiary/aromatic N) is 1. The van der Waals surface area contributed by atoms with Gasteiger partial charge in [0.15, 0.2) is 0 Å². The Labute approximate surface area is 134 Å². The Morgan fingerprint density at radius 3 is 2.50 bits per heavy atom. The summed E-state index contributed by atoms with van der Waals surface area (Å²) in [4.78, 5) is 0.0409. The van der Waals surface area contributed by atoms with Crippen molar-refractivity contribution in [3.63, 3.8) is 0 Å². The number of benzene rings is 2. The minimum atomic E-state index is -3.66. The molecular weight excluding hydrogens is 329 g/mol. The van der Waals surface area contributed by atoms with Crippen LogP contribution < -0.4 is 4.74 Å². The van der Waals surface area contributed by atoms with E-state index in [1.807, 2.05) is 0 Å². The van der Waals surface area contributed by atoms with Gasteiger partial charge in [-0.25, -0.2) is 12.8 Å². The highest BCUT2D eigenvalue weighted by atomic mass is 35.5. The van der Waals surface area contributed by atoms with Crippen LogP contribution >= 0.6 is 11.6 Å². The van der Waals surface area contributed by atoms with Crippen LogP contribution in [0.25, 0.3) is 0 Å². The molecule has 0 heterocycles. The first-order valence-electron chi connectivity index (χ1n) is 6.50. The highest BCUT2D eigenvalue weighted by molar-refractivity contribution is 7.89. The van der Waals surface area contributed by atoms with Crippen LogP contribution in [0.5, 0.6) is 5.75 Å². The highest BCUT2D eigenvalue weighted by Gasteiger charge is 2.20. The minimum absolute atomic E-state index is 0.0409. The fourth-order valence-electron chi connectivity index (χ4n) is 1.76. The third-order valence-corrected chi connectivity index (χ3v) is 5.10. The summed E-state index contributed by atoms with van der Waals surface area (Å²) in [6.45, 7) is 0.337. The second-order valence-corrected chi connectivity index (χ2v) is 7.07. The fraction of sp³-hybridized carbons (Fsp3) is 0.200. The molecule has 0 amide bonds. The van der Waals surface area contributed by atoms with Crippen molar-refractivity contribution in [3.05, 3.63) is 59.4 Å². The first kappa shape index (κ1) is 16.7. The molecule has 0 saturated carbocycles. The van der Waals surface area contributed by atoms with E-state index < -0.39 is 15.8 Å². The van der Waals surface area contributed by atoms with Gasteiger partial charge >= 0.3 is 0 Å². The molecule has 0 aromatic heterocycles. The zero-order valence-electron chi connectivity index (χ0n) is 11.9. The van der Waals surface area contributed by atoms with Gasteiger partial charge in [-0.3, -0.25) is 0 Å². The van der Waals surface area contributed by atoms with Crippen molar-refractivity contribution in [3.8, 4) is 5.75 Å². The molecule has 0 saturated heterocycles. The monoisotopic (exact) mass is 343 g/mol. The molecule has 0 aliphatic rings. The maximum absolute atomic E-state index is 12.9. The summed E-state index contributed by atoms with van der Waals surface area (Å²) >= 11 is 5.83. The molecule has 0 bridgehead atoms. The summed E-state index contributed by atoms with van der Waals surface area (Å²) in [6, 6.07) is 11.6. The molecule has 2 rings (SSSR count). The van der Waals surface area contributed by atoms with Gasteiger partial charge < -0.3 is 4.74 Å². The van der Waals surface area contributed by atoms with E-state index in [2.05, 4.69) is 0 Å². The normalized spacial score (nSPS) is 11.6. The van der Waals surface area contributed by atoms with Crippen LogP contribution in [0, 0.1) is 5.82 Å². The summed E-state index contributed by atoms with van der Waals surface area (Å²) in [7, 11) is -2.21. The molecule has 2 aromatic rings. The molecule has 0 spiro atoms. The van der Waals surface area contributed by atoms with Crippen molar-refractivity contribution in [1.29, 1.82) is 0 Å². The predicted molar refractivity (Wildman–Crippen MR) is 83.2 cm³/mol. The van der Waals surface area contributed by atoms with Crippen molar-refractivity contribution in [2.24, 2.45) is 0 Å². The molecule has 0 aliphatic heterocycles. The predicted octanol–water partition coefficient (Wildman–Crippen LogP) is 3.18. The van der Waals surface area contributed by atoms with Gasteiger partial charge in [0.05, 0.1) is 4.90 Å². The summed E-state index contributed by atoms with van der Waals surface area (Å²) < 4.78 is 44.0. The number of sulfonamides is 1. The van der Waals surface area contributed by atoms with Gasteiger partial charge in [0, 0.05) is 18.6 Å². The van der Waals surface area contributed by atoms with Gasteiger partial charge in [-0.05, 0) is 42.5 Å². The molecule has 0 aliphatic carbocycles. The third kappa shape index (κ3) is 4.19. The Balaban J connectivity index is 1.96. The number of halogens is 2. The highest BCUT2D eigenvalue weighted by Crippen LogP contribution is 2.18. The van der Waals surface area contributed by atoms with Crippen LogP contribution in [-0.4, -0.2) is 32.9 Å². The number of likely N-dealkylation sites (N-methyl/N-ethyl adjacent to an activating group) is 1. The number of ether oxygens (including phenoxy) is 1. The SMILES string of the molecule is CN(CCOc1cccc(Cl)c1)S(=O)(=O)c1ccc(F)cc1. The van der Waals surface area contributed by atoms with E-state index >= 15 is 0 Å². The van der Waals surface area contributed by atoms with Crippen LogP contribution in [0.4, 0.5) is 4.39 Å². The Hall–Kier alpha value is -1.63. The van der Waals surface area contributed by atoms with E-state index in [0.29, 0.717) is 10.8 Å². The van der Waals surface area contributed by atoms with Gasteiger partial charge in [0.2, 0.25) is 10.0 Å². The first-order valence-corrected chi connectivity index (χ1v) is 8.31. The Bertz CT molecular complexity index is 735. The summed E-state index contributed by atoms with van der Waals surface area (Å²) in [6.07, 6.45) is 0. The van der Waals surface area contributed by atoms with Gasteiger partial charge in [0.25, 0.3) is 0 Å².